The Morgan fingerprint density at radius 1 is 1.33 bits per heavy atom. The number of morpholine rings is 1. The van der Waals surface area contributed by atoms with Gasteiger partial charge < -0.3 is 14.9 Å². The van der Waals surface area contributed by atoms with Gasteiger partial charge in [0, 0.05) is 19.6 Å². The first-order valence-electron chi connectivity index (χ1n) is 6.01. The minimum absolute atomic E-state index is 0.127. The highest BCUT2D eigenvalue weighted by molar-refractivity contribution is 5.72. The Hall–Kier alpha value is -1.18. The molecule has 1 aliphatic heterocycles. The number of aliphatic carboxylic acids is 2. The highest BCUT2D eigenvalue weighted by Gasteiger charge is 2.23. The van der Waals surface area contributed by atoms with Gasteiger partial charge in [0.2, 0.25) is 0 Å². The minimum Gasteiger partial charge on any atom is -0.480 e. The van der Waals surface area contributed by atoms with Gasteiger partial charge in [0.25, 0.3) is 0 Å². The number of hydrogen-bond donors (Lipinski definition) is 2. The molecule has 1 rings (SSSR count). The minimum atomic E-state index is -1.03. The molecule has 1 saturated heterocycles. The van der Waals surface area contributed by atoms with Crippen LogP contribution in [0.1, 0.15) is 6.92 Å². The lowest BCUT2D eigenvalue weighted by Gasteiger charge is -2.34. The largest absolute Gasteiger partial charge is 0.480 e. The van der Waals surface area contributed by atoms with E-state index in [1.165, 1.54) is 4.90 Å². The van der Waals surface area contributed by atoms with Crippen LogP contribution >= 0.6 is 0 Å². The first-order chi connectivity index (χ1) is 8.51. The molecule has 18 heavy (non-hydrogen) atoms. The lowest BCUT2D eigenvalue weighted by Crippen LogP contribution is -2.49. The van der Waals surface area contributed by atoms with E-state index in [0.29, 0.717) is 19.7 Å². The fourth-order valence-electron chi connectivity index (χ4n) is 2.03. The Balaban J connectivity index is 2.47. The first kappa shape index (κ1) is 14.9. The van der Waals surface area contributed by atoms with Gasteiger partial charge in [-0.15, -0.1) is 0 Å². The predicted octanol–water partition coefficient (Wildman–Crippen LogP) is -0.822. The molecule has 7 nitrogen and oxygen atoms in total. The van der Waals surface area contributed by atoms with Crippen LogP contribution in [0.15, 0.2) is 0 Å². The molecule has 1 fully saturated rings. The molecule has 0 bridgehead atoms. The van der Waals surface area contributed by atoms with Gasteiger partial charge in [-0.25, -0.2) is 0 Å². The summed E-state index contributed by atoms with van der Waals surface area (Å²) in [5, 5.41) is 17.5. The van der Waals surface area contributed by atoms with E-state index >= 15 is 0 Å². The third kappa shape index (κ3) is 5.44. The fraction of sp³-hybridized carbons (Fsp3) is 0.818. The van der Waals surface area contributed by atoms with Gasteiger partial charge in [0.05, 0.1) is 25.8 Å². The average molecular weight is 260 g/mol. The molecule has 0 saturated carbocycles. The molecule has 0 radical (unpaired) electrons. The molecule has 0 amide bonds. The molecular weight excluding hydrogens is 240 g/mol. The number of carboxylic acid groups (broad SMARTS) is 2. The van der Waals surface area contributed by atoms with E-state index in [9.17, 15) is 9.59 Å². The lowest BCUT2D eigenvalue weighted by molar-refractivity contribution is -0.143. The molecule has 0 aromatic carbocycles. The van der Waals surface area contributed by atoms with Crippen molar-refractivity contribution >= 4 is 11.9 Å². The fourth-order valence-corrected chi connectivity index (χ4v) is 2.03. The average Bonchev–Trinajstić information content (AvgIpc) is 2.27. The van der Waals surface area contributed by atoms with Crippen molar-refractivity contribution in [2.24, 2.45) is 0 Å². The van der Waals surface area contributed by atoms with E-state index in [1.54, 1.807) is 0 Å². The Bertz CT molecular complexity index is 281. The summed E-state index contributed by atoms with van der Waals surface area (Å²) in [6.07, 6.45) is -0.127. The van der Waals surface area contributed by atoms with Crippen LogP contribution in [0.4, 0.5) is 0 Å². The zero-order chi connectivity index (χ0) is 13.5. The van der Waals surface area contributed by atoms with Gasteiger partial charge in [0.15, 0.2) is 0 Å². The summed E-state index contributed by atoms with van der Waals surface area (Å²) in [6.45, 7) is 4.92. The van der Waals surface area contributed by atoms with Gasteiger partial charge in [0.1, 0.15) is 0 Å². The van der Waals surface area contributed by atoms with Crippen molar-refractivity contribution in [3.63, 3.8) is 0 Å². The summed E-state index contributed by atoms with van der Waals surface area (Å²) < 4.78 is 5.53. The second-order valence-electron chi connectivity index (χ2n) is 4.34. The summed E-state index contributed by atoms with van der Waals surface area (Å²) >= 11 is 0. The number of rotatable bonds is 7. The molecule has 1 atom stereocenters. The van der Waals surface area contributed by atoms with E-state index in [2.05, 4.69) is 11.8 Å². The maximum absolute atomic E-state index is 10.7. The van der Waals surface area contributed by atoms with E-state index in [4.69, 9.17) is 14.9 Å². The molecule has 1 unspecified atom stereocenters. The van der Waals surface area contributed by atoms with Crippen molar-refractivity contribution in [3.8, 4) is 0 Å². The Morgan fingerprint density at radius 3 is 2.44 bits per heavy atom. The van der Waals surface area contributed by atoms with Gasteiger partial charge in [-0.1, -0.05) is 6.92 Å². The van der Waals surface area contributed by atoms with E-state index in [0.717, 1.165) is 13.1 Å². The van der Waals surface area contributed by atoms with Gasteiger partial charge in [-0.2, -0.15) is 0 Å². The van der Waals surface area contributed by atoms with Crippen molar-refractivity contribution in [1.29, 1.82) is 0 Å². The SMILES string of the molecule is CCN1CCOC(CN(CC(=O)O)CC(=O)O)C1. The molecule has 0 aromatic rings. The van der Waals surface area contributed by atoms with Crippen LogP contribution in [0.25, 0.3) is 0 Å². The molecule has 1 heterocycles. The van der Waals surface area contributed by atoms with Crippen LogP contribution in [0.5, 0.6) is 0 Å². The number of ether oxygens (including phenoxy) is 1. The quantitative estimate of drug-likeness (QED) is 0.618. The highest BCUT2D eigenvalue weighted by atomic mass is 16.5. The summed E-state index contributed by atoms with van der Waals surface area (Å²) in [7, 11) is 0. The van der Waals surface area contributed by atoms with Crippen LogP contribution in [0.2, 0.25) is 0 Å². The van der Waals surface area contributed by atoms with E-state index < -0.39 is 11.9 Å². The van der Waals surface area contributed by atoms with E-state index in [-0.39, 0.29) is 19.2 Å². The van der Waals surface area contributed by atoms with Crippen molar-refractivity contribution in [1.82, 2.24) is 9.80 Å². The monoisotopic (exact) mass is 260 g/mol. The molecule has 0 spiro atoms. The smallest absolute Gasteiger partial charge is 0.317 e. The zero-order valence-corrected chi connectivity index (χ0v) is 10.5. The zero-order valence-electron chi connectivity index (χ0n) is 10.5. The number of carboxylic acids is 2. The van der Waals surface area contributed by atoms with Crippen LogP contribution in [0, 0.1) is 0 Å². The molecule has 1 aliphatic rings. The molecule has 7 heteroatoms. The predicted molar refractivity (Wildman–Crippen MR) is 63.6 cm³/mol. The van der Waals surface area contributed by atoms with Crippen molar-refractivity contribution in [3.05, 3.63) is 0 Å². The molecule has 0 aliphatic carbocycles. The van der Waals surface area contributed by atoms with Gasteiger partial charge in [-0.05, 0) is 6.54 Å². The normalized spacial score (nSPS) is 21.1. The summed E-state index contributed by atoms with van der Waals surface area (Å²) in [5.74, 6) is -2.06. The van der Waals surface area contributed by atoms with E-state index in [1.807, 2.05) is 0 Å². The van der Waals surface area contributed by atoms with Gasteiger partial charge >= 0.3 is 11.9 Å². The Labute approximate surface area is 106 Å². The van der Waals surface area contributed by atoms with Crippen LogP contribution in [-0.4, -0.2) is 83.9 Å². The first-order valence-corrected chi connectivity index (χ1v) is 6.01. The highest BCUT2D eigenvalue weighted by Crippen LogP contribution is 2.06. The topological polar surface area (TPSA) is 90.3 Å². The molecule has 2 N–H and O–H groups in total. The Morgan fingerprint density at radius 2 is 1.94 bits per heavy atom. The standard InChI is InChI=1S/C11H20N2O5/c1-2-12-3-4-18-9(5-12)6-13(7-10(14)15)8-11(16)17/h9H,2-8H2,1H3,(H,14,15)(H,16,17). The number of hydrogen-bond acceptors (Lipinski definition) is 5. The molecule has 104 valence electrons. The molecular formula is C11H20N2O5. The summed E-state index contributed by atoms with van der Waals surface area (Å²) in [4.78, 5) is 24.9. The van der Waals surface area contributed by atoms with Crippen LogP contribution in [-0.2, 0) is 14.3 Å². The second kappa shape index (κ2) is 7.30. The molecule has 0 aromatic heterocycles. The summed E-state index contributed by atoms with van der Waals surface area (Å²) in [5.41, 5.74) is 0. The maximum atomic E-state index is 10.7. The number of carbonyl (C=O) groups is 2. The lowest BCUT2D eigenvalue weighted by atomic mass is 10.2. The number of nitrogens with zero attached hydrogens (tertiary/aromatic N) is 2. The second-order valence-corrected chi connectivity index (χ2v) is 4.34. The maximum Gasteiger partial charge on any atom is 0.317 e. The Kier molecular flexibility index (Phi) is 6.03. The third-order valence-corrected chi connectivity index (χ3v) is 2.85. The van der Waals surface area contributed by atoms with Crippen molar-refractivity contribution < 1.29 is 24.5 Å². The van der Waals surface area contributed by atoms with Crippen molar-refractivity contribution in [2.75, 3.05) is 45.9 Å². The van der Waals surface area contributed by atoms with Crippen molar-refractivity contribution in [2.45, 2.75) is 13.0 Å². The van der Waals surface area contributed by atoms with Gasteiger partial charge in [-0.3, -0.25) is 19.4 Å². The number of likely N-dealkylation sites (N-methyl/N-ethyl adjacent to an activating group) is 1. The van der Waals surface area contributed by atoms with Crippen LogP contribution < -0.4 is 0 Å². The summed E-state index contributed by atoms with van der Waals surface area (Å²) in [6, 6.07) is 0. The third-order valence-electron chi connectivity index (χ3n) is 2.85. The van der Waals surface area contributed by atoms with Crippen LogP contribution in [0.3, 0.4) is 0 Å².